The van der Waals surface area contributed by atoms with Crippen LogP contribution < -0.4 is 0 Å². The zero-order valence-corrected chi connectivity index (χ0v) is 13.8. The van der Waals surface area contributed by atoms with Crippen molar-refractivity contribution in [3.8, 4) is 0 Å². The molecule has 0 aliphatic rings. The third-order valence-electron chi connectivity index (χ3n) is 3.75. The van der Waals surface area contributed by atoms with Crippen LogP contribution in [0.15, 0.2) is 60.8 Å². The SMILES string of the molecule is C=C(C(C)c1ccccc1)N(C)Cc1c(Cl)cccc1Cl. The van der Waals surface area contributed by atoms with E-state index < -0.39 is 0 Å². The van der Waals surface area contributed by atoms with Gasteiger partial charge in [-0.1, -0.05) is 73.1 Å². The van der Waals surface area contributed by atoms with Crippen LogP contribution >= 0.6 is 23.2 Å². The van der Waals surface area contributed by atoms with E-state index in [9.17, 15) is 0 Å². The molecule has 0 radical (unpaired) electrons. The Morgan fingerprint density at radius 3 is 2.19 bits per heavy atom. The summed E-state index contributed by atoms with van der Waals surface area (Å²) in [5, 5.41) is 1.38. The second-order valence-electron chi connectivity index (χ2n) is 5.18. The average Bonchev–Trinajstić information content (AvgIpc) is 2.50. The van der Waals surface area contributed by atoms with Crippen LogP contribution in [-0.2, 0) is 6.54 Å². The number of halogens is 2. The number of rotatable bonds is 5. The predicted octanol–water partition coefficient (Wildman–Crippen LogP) is 5.74. The number of hydrogen-bond acceptors (Lipinski definition) is 1. The molecular formula is C18H19Cl2N. The summed E-state index contributed by atoms with van der Waals surface area (Å²) in [4.78, 5) is 2.10. The highest BCUT2D eigenvalue weighted by Crippen LogP contribution is 2.29. The van der Waals surface area contributed by atoms with Crippen LogP contribution in [-0.4, -0.2) is 11.9 Å². The Kier molecular flexibility index (Phi) is 5.33. The zero-order chi connectivity index (χ0) is 15.4. The van der Waals surface area contributed by atoms with Crippen molar-refractivity contribution in [2.75, 3.05) is 7.05 Å². The standard InChI is InChI=1S/C18H19Cl2N/c1-13(15-8-5-4-6-9-15)14(2)21(3)12-16-17(19)10-7-11-18(16)20/h4-11,13H,2,12H2,1,3H3. The van der Waals surface area contributed by atoms with E-state index in [2.05, 4.69) is 30.5 Å². The van der Waals surface area contributed by atoms with Crippen molar-refractivity contribution in [3.63, 3.8) is 0 Å². The number of likely N-dealkylation sites (N-methyl/N-ethyl adjacent to an activating group) is 1. The number of benzene rings is 2. The van der Waals surface area contributed by atoms with Crippen molar-refractivity contribution in [2.24, 2.45) is 0 Å². The minimum absolute atomic E-state index is 0.248. The van der Waals surface area contributed by atoms with Gasteiger partial charge in [0.05, 0.1) is 0 Å². The van der Waals surface area contributed by atoms with Gasteiger partial charge in [0.1, 0.15) is 0 Å². The highest BCUT2D eigenvalue weighted by molar-refractivity contribution is 6.35. The largest absolute Gasteiger partial charge is 0.373 e. The Morgan fingerprint density at radius 2 is 1.62 bits per heavy atom. The van der Waals surface area contributed by atoms with Crippen LogP contribution in [0.5, 0.6) is 0 Å². The van der Waals surface area contributed by atoms with Gasteiger partial charge in [-0.25, -0.2) is 0 Å². The second kappa shape index (κ2) is 7.02. The Labute approximate surface area is 136 Å². The molecule has 1 atom stereocenters. The molecule has 0 saturated heterocycles. The molecule has 0 bridgehead atoms. The summed E-state index contributed by atoms with van der Waals surface area (Å²) >= 11 is 12.5. The van der Waals surface area contributed by atoms with Gasteiger partial charge in [-0.05, 0) is 17.7 Å². The molecule has 3 heteroatoms. The molecule has 21 heavy (non-hydrogen) atoms. The summed E-state index contributed by atoms with van der Waals surface area (Å²) in [6.07, 6.45) is 0. The maximum absolute atomic E-state index is 6.23. The Bertz CT molecular complexity index is 602. The molecule has 1 unspecified atom stereocenters. The molecule has 0 fully saturated rings. The van der Waals surface area contributed by atoms with E-state index in [0.29, 0.717) is 16.6 Å². The monoisotopic (exact) mass is 319 g/mol. The molecule has 110 valence electrons. The van der Waals surface area contributed by atoms with Crippen LogP contribution in [0.1, 0.15) is 24.0 Å². The van der Waals surface area contributed by atoms with Crippen molar-refractivity contribution in [1.82, 2.24) is 4.90 Å². The number of nitrogens with zero attached hydrogens (tertiary/aromatic N) is 1. The maximum atomic E-state index is 6.23. The van der Waals surface area contributed by atoms with Crippen molar-refractivity contribution >= 4 is 23.2 Å². The lowest BCUT2D eigenvalue weighted by Crippen LogP contribution is -2.20. The first-order chi connectivity index (χ1) is 10.0. The van der Waals surface area contributed by atoms with Gasteiger partial charge in [0.15, 0.2) is 0 Å². The quantitative estimate of drug-likeness (QED) is 0.679. The molecule has 2 aromatic carbocycles. The van der Waals surface area contributed by atoms with Crippen LogP contribution in [0.3, 0.4) is 0 Å². The first kappa shape index (κ1) is 15.9. The fourth-order valence-corrected chi connectivity index (χ4v) is 2.80. The molecular weight excluding hydrogens is 301 g/mol. The van der Waals surface area contributed by atoms with Crippen LogP contribution in [0.2, 0.25) is 10.0 Å². The molecule has 0 amide bonds. The lowest BCUT2D eigenvalue weighted by molar-refractivity contribution is 0.387. The molecule has 0 aromatic heterocycles. The van der Waals surface area contributed by atoms with Crippen LogP contribution in [0, 0.1) is 0 Å². The first-order valence-electron chi connectivity index (χ1n) is 6.88. The third-order valence-corrected chi connectivity index (χ3v) is 4.45. The summed E-state index contributed by atoms with van der Waals surface area (Å²) in [7, 11) is 2.02. The first-order valence-corrected chi connectivity index (χ1v) is 7.64. The number of hydrogen-bond donors (Lipinski definition) is 0. The van der Waals surface area contributed by atoms with Crippen LogP contribution in [0.25, 0.3) is 0 Å². The smallest absolute Gasteiger partial charge is 0.0470 e. The summed E-state index contributed by atoms with van der Waals surface area (Å²) < 4.78 is 0. The van der Waals surface area contributed by atoms with E-state index in [1.54, 1.807) is 0 Å². The highest BCUT2D eigenvalue weighted by Gasteiger charge is 2.15. The fourth-order valence-electron chi connectivity index (χ4n) is 2.29. The lowest BCUT2D eigenvalue weighted by Gasteiger charge is -2.27. The lowest BCUT2D eigenvalue weighted by atomic mass is 9.97. The van der Waals surface area contributed by atoms with Gasteiger partial charge in [0, 0.05) is 40.8 Å². The Morgan fingerprint density at radius 1 is 1.05 bits per heavy atom. The molecule has 1 nitrogen and oxygen atoms in total. The maximum Gasteiger partial charge on any atom is 0.0470 e. The minimum atomic E-state index is 0.248. The van der Waals surface area contributed by atoms with Crippen molar-refractivity contribution < 1.29 is 0 Å². The van der Waals surface area contributed by atoms with E-state index in [1.807, 2.05) is 43.4 Å². The third kappa shape index (κ3) is 3.81. The van der Waals surface area contributed by atoms with Crippen LogP contribution in [0.4, 0.5) is 0 Å². The van der Waals surface area contributed by atoms with E-state index in [0.717, 1.165) is 11.3 Å². The molecule has 0 heterocycles. The van der Waals surface area contributed by atoms with E-state index in [4.69, 9.17) is 23.2 Å². The molecule has 2 aromatic rings. The van der Waals surface area contributed by atoms with Gasteiger partial charge in [0.2, 0.25) is 0 Å². The van der Waals surface area contributed by atoms with Gasteiger partial charge in [-0.15, -0.1) is 0 Å². The van der Waals surface area contributed by atoms with E-state index in [1.165, 1.54) is 5.56 Å². The molecule has 0 aliphatic heterocycles. The van der Waals surface area contributed by atoms with Crippen molar-refractivity contribution in [2.45, 2.75) is 19.4 Å². The van der Waals surface area contributed by atoms with Gasteiger partial charge < -0.3 is 4.90 Å². The topological polar surface area (TPSA) is 3.24 Å². The van der Waals surface area contributed by atoms with E-state index in [-0.39, 0.29) is 5.92 Å². The van der Waals surface area contributed by atoms with Crippen molar-refractivity contribution in [3.05, 3.63) is 82.0 Å². The van der Waals surface area contributed by atoms with E-state index >= 15 is 0 Å². The molecule has 0 saturated carbocycles. The molecule has 2 rings (SSSR count). The molecule has 0 spiro atoms. The van der Waals surface area contributed by atoms with Gasteiger partial charge in [-0.2, -0.15) is 0 Å². The minimum Gasteiger partial charge on any atom is -0.373 e. The highest BCUT2D eigenvalue weighted by atomic mass is 35.5. The fraction of sp³-hybridized carbons (Fsp3) is 0.222. The average molecular weight is 320 g/mol. The molecule has 0 N–H and O–H groups in total. The Hall–Kier alpha value is -1.44. The van der Waals surface area contributed by atoms with Gasteiger partial charge in [0.25, 0.3) is 0 Å². The Balaban J connectivity index is 2.13. The summed E-state index contributed by atoms with van der Waals surface area (Å²) in [6.45, 7) is 7.03. The summed E-state index contributed by atoms with van der Waals surface area (Å²) in [6, 6.07) is 15.9. The van der Waals surface area contributed by atoms with Gasteiger partial charge in [-0.3, -0.25) is 0 Å². The molecule has 0 aliphatic carbocycles. The predicted molar refractivity (Wildman–Crippen MR) is 91.9 cm³/mol. The summed E-state index contributed by atoms with van der Waals surface area (Å²) in [5.41, 5.74) is 3.22. The summed E-state index contributed by atoms with van der Waals surface area (Å²) in [5.74, 6) is 0.248. The normalized spacial score (nSPS) is 12.0. The zero-order valence-electron chi connectivity index (χ0n) is 12.3. The van der Waals surface area contributed by atoms with Crippen molar-refractivity contribution in [1.29, 1.82) is 0 Å². The second-order valence-corrected chi connectivity index (χ2v) is 5.99. The number of allylic oxidation sites excluding steroid dienone is 1. The van der Waals surface area contributed by atoms with Gasteiger partial charge >= 0.3 is 0 Å².